The van der Waals surface area contributed by atoms with E-state index >= 15 is 0 Å². The van der Waals surface area contributed by atoms with E-state index in [0.29, 0.717) is 18.7 Å². The van der Waals surface area contributed by atoms with E-state index in [1.165, 1.54) is 16.3 Å². The normalized spacial score (nSPS) is 10.7. The molecule has 3 aromatic rings. The van der Waals surface area contributed by atoms with E-state index < -0.39 is 0 Å². The van der Waals surface area contributed by atoms with Gasteiger partial charge >= 0.3 is 0 Å². The Morgan fingerprint density at radius 2 is 1.70 bits per heavy atom. The molecule has 1 aromatic heterocycles. The average molecular weight is 405 g/mol. The first-order valence-corrected chi connectivity index (χ1v) is 9.93. The molecule has 0 fully saturated rings. The smallest absolute Gasteiger partial charge is 0.267 e. The zero-order valence-electron chi connectivity index (χ0n) is 17.9. The fourth-order valence-electron chi connectivity index (χ4n) is 3.27. The summed E-state index contributed by atoms with van der Waals surface area (Å²) in [6.07, 6.45) is 0.694. The zero-order valence-corrected chi connectivity index (χ0v) is 17.9. The van der Waals surface area contributed by atoms with Crippen LogP contribution in [-0.2, 0) is 17.8 Å². The third-order valence-corrected chi connectivity index (χ3v) is 5.17. The van der Waals surface area contributed by atoms with Crippen molar-refractivity contribution in [3.63, 3.8) is 0 Å². The minimum absolute atomic E-state index is 0.112. The molecule has 0 bridgehead atoms. The Kier molecular flexibility index (Phi) is 6.67. The number of amides is 1. The molecule has 1 amide bonds. The zero-order chi connectivity index (χ0) is 21.7. The summed E-state index contributed by atoms with van der Waals surface area (Å²) in [5, 5.41) is 7.28. The van der Waals surface area contributed by atoms with E-state index in [1.54, 1.807) is 13.2 Å². The van der Waals surface area contributed by atoms with Crippen LogP contribution in [0.2, 0.25) is 0 Å². The second kappa shape index (κ2) is 9.39. The van der Waals surface area contributed by atoms with Crippen LogP contribution in [0, 0.1) is 20.8 Å². The molecule has 1 N–H and O–H groups in total. The van der Waals surface area contributed by atoms with Crippen molar-refractivity contribution >= 4 is 5.91 Å². The van der Waals surface area contributed by atoms with Crippen LogP contribution in [0.15, 0.2) is 53.3 Å². The van der Waals surface area contributed by atoms with Gasteiger partial charge in [-0.15, -0.1) is 0 Å². The lowest BCUT2D eigenvalue weighted by atomic mass is 9.99. The Labute approximate surface area is 176 Å². The number of aromatic nitrogens is 2. The van der Waals surface area contributed by atoms with Gasteiger partial charge in [-0.25, -0.2) is 4.68 Å². The third kappa shape index (κ3) is 5.14. The topological polar surface area (TPSA) is 73.2 Å². The molecule has 156 valence electrons. The number of nitrogens with zero attached hydrogens (tertiary/aromatic N) is 2. The lowest BCUT2D eigenvalue weighted by Gasteiger charge is -2.12. The minimum Gasteiger partial charge on any atom is -0.497 e. The van der Waals surface area contributed by atoms with Crippen LogP contribution in [-0.4, -0.2) is 29.3 Å². The summed E-state index contributed by atoms with van der Waals surface area (Å²) in [6, 6.07) is 15.0. The Hall–Kier alpha value is -3.41. The standard InChI is InChI=1S/C24H27N3O3/c1-16-13-18(3)21(14-17(16)2)22-9-10-24(29)27(26-22)15-23(28)25-12-11-19-5-7-20(30-4)8-6-19/h5-10,13-14H,11-12,15H2,1-4H3,(H,25,28). The number of nitrogens with one attached hydrogen (secondary N) is 1. The number of methoxy groups -OCH3 is 1. The molecule has 3 rings (SSSR count). The number of hydrogen-bond donors (Lipinski definition) is 1. The molecular formula is C24H27N3O3. The average Bonchev–Trinajstić information content (AvgIpc) is 2.73. The maximum Gasteiger partial charge on any atom is 0.267 e. The molecule has 0 aliphatic carbocycles. The molecule has 0 aliphatic rings. The van der Waals surface area contributed by atoms with Crippen LogP contribution in [0.1, 0.15) is 22.3 Å². The summed E-state index contributed by atoms with van der Waals surface area (Å²) < 4.78 is 6.36. The van der Waals surface area contributed by atoms with Crippen molar-refractivity contribution in [2.75, 3.05) is 13.7 Å². The fourth-order valence-corrected chi connectivity index (χ4v) is 3.27. The van der Waals surface area contributed by atoms with Crippen LogP contribution in [0.25, 0.3) is 11.3 Å². The quantitative estimate of drug-likeness (QED) is 0.655. The molecule has 6 heteroatoms. The number of ether oxygens (including phenoxy) is 1. The predicted octanol–water partition coefficient (Wildman–Crippen LogP) is 3.20. The van der Waals surface area contributed by atoms with Gasteiger partial charge in [0.15, 0.2) is 0 Å². The lowest BCUT2D eigenvalue weighted by molar-refractivity contribution is -0.121. The highest BCUT2D eigenvalue weighted by Gasteiger charge is 2.10. The molecular weight excluding hydrogens is 378 g/mol. The summed E-state index contributed by atoms with van der Waals surface area (Å²) in [7, 11) is 1.63. The monoisotopic (exact) mass is 405 g/mol. The minimum atomic E-state index is -0.300. The van der Waals surface area contributed by atoms with Crippen molar-refractivity contribution in [3.05, 3.63) is 81.1 Å². The van der Waals surface area contributed by atoms with E-state index in [0.717, 1.165) is 28.0 Å². The predicted molar refractivity (Wildman–Crippen MR) is 118 cm³/mol. The van der Waals surface area contributed by atoms with E-state index in [9.17, 15) is 9.59 Å². The van der Waals surface area contributed by atoms with Crippen molar-refractivity contribution in [3.8, 4) is 17.0 Å². The summed E-state index contributed by atoms with van der Waals surface area (Å²) in [5.74, 6) is 0.555. The molecule has 1 heterocycles. The maximum absolute atomic E-state index is 12.3. The van der Waals surface area contributed by atoms with Gasteiger partial charge in [0, 0.05) is 18.2 Å². The number of carbonyl (C=O) groups excluding carboxylic acids is 1. The summed E-state index contributed by atoms with van der Waals surface area (Å²) in [5.41, 5.74) is 5.89. The SMILES string of the molecule is COc1ccc(CCNC(=O)Cn2nc(-c3cc(C)c(C)cc3C)ccc2=O)cc1. The molecule has 0 spiro atoms. The van der Waals surface area contributed by atoms with E-state index in [1.807, 2.05) is 38.1 Å². The van der Waals surface area contributed by atoms with Crippen LogP contribution in [0.4, 0.5) is 0 Å². The highest BCUT2D eigenvalue weighted by Crippen LogP contribution is 2.24. The lowest BCUT2D eigenvalue weighted by Crippen LogP contribution is -2.34. The molecule has 0 unspecified atom stereocenters. The van der Waals surface area contributed by atoms with Crippen LogP contribution >= 0.6 is 0 Å². The first-order valence-electron chi connectivity index (χ1n) is 9.93. The van der Waals surface area contributed by atoms with Gasteiger partial charge in [-0.2, -0.15) is 5.10 Å². The van der Waals surface area contributed by atoms with Crippen LogP contribution < -0.4 is 15.6 Å². The van der Waals surface area contributed by atoms with Crippen molar-refractivity contribution in [1.82, 2.24) is 15.1 Å². The largest absolute Gasteiger partial charge is 0.497 e. The van der Waals surface area contributed by atoms with Crippen molar-refractivity contribution in [1.29, 1.82) is 0 Å². The molecule has 0 atom stereocenters. The third-order valence-electron chi connectivity index (χ3n) is 5.17. The van der Waals surface area contributed by atoms with E-state index in [-0.39, 0.29) is 18.0 Å². The Balaban J connectivity index is 1.66. The Morgan fingerprint density at radius 1 is 1.00 bits per heavy atom. The number of hydrogen-bond acceptors (Lipinski definition) is 4. The first-order chi connectivity index (χ1) is 14.4. The second-order valence-corrected chi connectivity index (χ2v) is 7.41. The van der Waals surface area contributed by atoms with Gasteiger partial charge in [0.05, 0.1) is 12.8 Å². The van der Waals surface area contributed by atoms with E-state index in [4.69, 9.17) is 4.74 Å². The molecule has 30 heavy (non-hydrogen) atoms. The van der Waals surface area contributed by atoms with Gasteiger partial charge in [-0.1, -0.05) is 18.2 Å². The summed E-state index contributed by atoms with van der Waals surface area (Å²) in [4.78, 5) is 24.5. The Bertz CT molecular complexity index is 1100. The molecule has 0 saturated heterocycles. The van der Waals surface area contributed by atoms with Gasteiger partial charge in [0.25, 0.3) is 5.56 Å². The number of carbonyl (C=O) groups is 1. The van der Waals surface area contributed by atoms with Crippen LogP contribution in [0.3, 0.4) is 0 Å². The van der Waals surface area contributed by atoms with Crippen molar-refractivity contribution in [2.24, 2.45) is 0 Å². The van der Waals surface area contributed by atoms with Crippen molar-refractivity contribution < 1.29 is 9.53 Å². The number of rotatable bonds is 7. The first kappa shape index (κ1) is 21.3. The molecule has 0 aliphatic heterocycles. The molecule has 2 aromatic carbocycles. The van der Waals surface area contributed by atoms with Gasteiger partial charge in [0.2, 0.25) is 5.91 Å². The molecule has 6 nitrogen and oxygen atoms in total. The highest BCUT2D eigenvalue weighted by molar-refractivity contribution is 5.75. The summed E-state index contributed by atoms with van der Waals surface area (Å²) >= 11 is 0. The number of benzene rings is 2. The maximum atomic E-state index is 12.3. The van der Waals surface area contributed by atoms with Gasteiger partial charge in [-0.05, 0) is 73.7 Å². The van der Waals surface area contributed by atoms with E-state index in [2.05, 4.69) is 29.5 Å². The van der Waals surface area contributed by atoms with Gasteiger partial charge in [-0.3, -0.25) is 9.59 Å². The van der Waals surface area contributed by atoms with Crippen LogP contribution in [0.5, 0.6) is 5.75 Å². The second-order valence-electron chi connectivity index (χ2n) is 7.41. The molecule has 0 radical (unpaired) electrons. The van der Waals surface area contributed by atoms with Gasteiger partial charge < -0.3 is 10.1 Å². The fraction of sp³-hybridized carbons (Fsp3) is 0.292. The highest BCUT2D eigenvalue weighted by atomic mass is 16.5. The van der Waals surface area contributed by atoms with Gasteiger partial charge in [0.1, 0.15) is 12.3 Å². The summed E-state index contributed by atoms with van der Waals surface area (Å²) in [6.45, 7) is 6.50. The van der Waals surface area contributed by atoms with Crippen molar-refractivity contribution in [2.45, 2.75) is 33.7 Å². The Morgan fingerprint density at radius 3 is 2.40 bits per heavy atom. The molecule has 0 saturated carbocycles. The number of aryl methyl sites for hydroxylation is 3.